The van der Waals surface area contributed by atoms with Crippen LogP contribution in [0.25, 0.3) is 0 Å². The molecule has 0 spiro atoms. The van der Waals surface area contributed by atoms with Gasteiger partial charge in [0.2, 0.25) is 0 Å². The smallest absolute Gasteiger partial charge is 0.173 e. The fourth-order valence-corrected chi connectivity index (χ4v) is 6.72. The molecule has 0 aromatic heterocycles. The first-order valence-corrected chi connectivity index (χ1v) is 11.8. The summed E-state index contributed by atoms with van der Waals surface area (Å²) in [5, 5.41) is 0. The summed E-state index contributed by atoms with van der Waals surface area (Å²) in [6.07, 6.45) is 4.92. The summed E-state index contributed by atoms with van der Waals surface area (Å²) in [5.41, 5.74) is 0. The van der Waals surface area contributed by atoms with Crippen LogP contribution >= 0.6 is 0 Å². The van der Waals surface area contributed by atoms with Gasteiger partial charge in [0.05, 0.1) is 0 Å². The highest BCUT2D eigenvalue weighted by molar-refractivity contribution is 6.56. The van der Waals surface area contributed by atoms with Crippen molar-refractivity contribution in [3.05, 3.63) is 0 Å². The molecule has 2 nitrogen and oxygen atoms in total. The van der Waals surface area contributed by atoms with Gasteiger partial charge in [0.1, 0.15) is 0 Å². The van der Waals surface area contributed by atoms with E-state index in [2.05, 4.69) is 26.9 Å². The highest BCUT2D eigenvalue weighted by atomic mass is 28.3. The van der Waals surface area contributed by atoms with Crippen molar-refractivity contribution in [3.8, 4) is 0 Å². The SMILES string of the molecule is CCCCO[SiH](C)CC[SiH](C)OCCCC. The zero-order chi connectivity index (χ0) is 12.2. The van der Waals surface area contributed by atoms with Crippen LogP contribution in [0, 0.1) is 0 Å². The van der Waals surface area contributed by atoms with Gasteiger partial charge in [-0.3, -0.25) is 0 Å². The van der Waals surface area contributed by atoms with Gasteiger partial charge >= 0.3 is 0 Å². The maximum absolute atomic E-state index is 5.86. The molecule has 0 radical (unpaired) electrons. The molecule has 16 heavy (non-hydrogen) atoms. The molecule has 2 atom stereocenters. The summed E-state index contributed by atoms with van der Waals surface area (Å²) in [6.45, 7) is 11.0. The van der Waals surface area contributed by atoms with E-state index < -0.39 is 18.1 Å². The van der Waals surface area contributed by atoms with Crippen LogP contribution in [0.15, 0.2) is 0 Å². The third-order valence-electron chi connectivity index (χ3n) is 2.78. The van der Waals surface area contributed by atoms with Crippen LogP contribution in [-0.2, 0) is 8.85 Å². The standard InChI is InChI=1S/C12H30O2Si2/c1-5-7-9-13-15(3)11-12-16(4)14-10-8-6-2/h15-16H,5-12H2,1-4H3. The molecule has 0 aliphatic rings. The third kappa shape index (κ3) is 10.9. The highest BCUT2D eigenvalue weighted by Crippen LogP contribution is 2.07. The van der Waals surface area contributed by atoms with Crippen LogP contribution in [0.4, 0.5) is 0 Å². The van der Waals surface area contributed by atoms with Gasteiger partial charge < -0.3 is 8.85 Å². The Balaban J connectivity index is 3.32. The average molecular weight is 263 g/mol. The van der Waals surface area contributed by atoms with Crippen molar-refractivity contribution < 1.29 is 8.85 Å². The van der Waals surface area contributed by atoms with Gasteiger partial charge in [-0.05, 0) is 38.0 Å². The largest absolute Gasteiger partial charge is 0.420 e. The zero-order valence-corrected chi connectivity index (χ0v) is 13.9. The lowest BCUT2D eigenvalue weighted by Crippen LogP contribution is -2.20. The fourth-order valence-electron chi connectivity index (χ4n) is 1.49. The molecule has 98 valence electrons. The molecule has 0 bridgehead atoms. The Labute approximate surface area is 105 Å². The molecule has 0 aromatic carbocycles. The monoisotopic (exact) mass is 262 g/mol. The van der Waals surface area contributed by atoms with Gasteiger partial charge in [-0.2, -0.15) is 0 Å². The predicted molar refractivity (Wildman–Crippen MR) is 77.4 cm³/mol. The van der Waals surface area contributed by atoms with Crippen molar-refractivity contribution in [1.82, 2.24) is 0 Å². The Morgan fingerprint density at radius 3 is 1.44 bits per heavy atom. The molecule has 0 aromatic rings. The van der Waals surface area contributed by atoms with Crippen LogP contribution in [0.1, 0.15) is 39.5 Å². The molecule has 0 saturated carbocycles. The Morgan fingerprint density at radius 2 is 1.12 bits per heavy atom. The van der Waals surface area contributed by atoms with Gasteiger partial charge in [0.25, 0.3) is 0 Å². The summed E-state index contributed by atoms with van der Waals surface area (Å²) < 4.78 is 11.7. The second-order valence-corrected chi connectivity index (χ2v) is 9.71. The van der Waals surface area contributed by atoms with E-state index in [4.69, 9.17) is 8.85 Å². The van der Waals surface area contributed by atoms with Crippen molar-refractivity contribution >= 4 is 18.1 Å². The van der Waals surface area contributed by atoms with Gasteiger partial charge in [-0.25, -0.2) is 0 Å². The molecule has 0 fully saturated rings. The normalized spacial score (nSPS) is 15.0. The van der Waals surface area contributed by atoms with Crippen molar-refractivity contribution in [2.24, 2.45) is 0 Å². The first-order valence-electron chi connectivity index (χ1n) is 6.93. The van der Waals surface area contributed by atoms with E-state index in [1.807, 2.05) is 0 Å². The Hall–Kier alpha value is 0.354. The van der Waals surface area contributed by atoms with Crippen LogP contribution in [0.2, 0.25) is 25.2 Å². The lowest BCUT2D eigenvalue weighted by Gasteiger charge is -2.14. The van der Waals surface area contributed by atoms with Gasteiger partial charge in [0, 0.05) is 13.2 Å². The van der Waals surface area contributed by atoms with Crippen LogP contribution in [-0.4, -0.2) is 31.3 Å². The van der Waals surface area contributed by atoms with E-state index in [1.54, 1.807) is 0 Å². The molecule has 4 heteroatoms. The Morgan fingerprint density at radius 1 is 0.750 bits per heavy atom. The number of rotatable bonds is 11. The van der Waals surface area contributed by atoms with Gasteiger partial charge in [0.15, 0.2) is 18.1 Å². The van der Waals surface area contributed by atoms with Crippen LogP contribution < -0.4 is 0 Å². The van der Waals surface area contributed by atoms with E-state index in [0.29, 0.717) is 0 Å². The summed E-state index contributed by atoms with van der Waals surface area (Å²) >= 11 is 0. The summed E-state index contributed by atoms with van der Waals surface area (Å²) in [5.74, 6) is 0. The van der Waals surface area contributed by atoms with E-state index in [-0.39, 0.29) is 0 Å². The molecule has 0 N–H and O–H groups in total. The number of unbranched alkanes of at least 4 members (excludes halogenated alkanes) is 2. The summed E-state index contributed by atoms with van der Waals surface area (Å²) in [7, 11) is -1.75. The van der Waals surface area contributed by atoms with Crippen molar-refractivity contribution in [1.29, 1.82) is 0 Å². The van der Waals surface area contributed by atoms with Crippen molar-refractivity contribution in [3.63, 3.8) is 0 Å². The van der Waals surface area contributed by atoms with E-state index in [9.17, 15) is 0 Å². The quantitative estimate of drug-likeness (QED) is 0.420. The lowest BCUT2D eigenvalue weighted by molar-refractivity contribution is 0.307. The predicted octanol–water partition coefficient (Wildman–Crippen LogP) is 3.33. The maximum Gasteiger partial charge on any atom is 0.173 e. The minimum atomic E-state index is -0.876. The third-order valence-corrected chi connectivity index (χ3v) is 7.35. The second-order valence-electron chi connectivity index (χ2n) is 4.65. The van der Waals surface area contributed by atoms with Gasteiger partial charge in [-0.1, -0.05) is 26.7 Å². The lowest BCUT2D eigenvalue weighted by atomic mass is 10.4. The molecule has 0 rings (SSSR count). The maximum atomic E-state index is 5.86. The summed E-state index contributed by atoms with van der Waals surface area (Å²) in [4.78, 5) is 0. The van der Waals surface area contributed by atoms with E-state index >= 15 is 0 Å². The molecule has 0 aliphatic carbocycles. The Bertz CT molecular complexity index is 129. The van der Waals surface area contributed by atoms with Crippen LogP contribution in [0.3, 0.4) is 0 Å². The highest BCUT2D eigenvalue weighted by Gasteiger charge is 2.10. The first-order chi connectivity index (χ1) is 7.70. The molecular formula is C12H30O2Si2. The molecule has 0 amide bonds. The van der Waals surface area contributed by atoms with Crippen molar-refractivity contribution in [2.45, 2.75) is 64.7 Å². The minimum absolute atomic E-state index is 0.876. The molecule has 2 unspecified atom stereocenters. The zero-order valence-electron chi connectivity index (χ0n) is 11.6. The average Bonchev–Trinajstić information content (AvgIpc) is 2.27. The first kappa shape index (κ1) is 16.4. The number of hydrogen-bond acceptors (Lipinski definition) is 2. The van der Waals surface area contributed by atoms with E-state index in [0.717, 1.165) is 13.2 Å². The molecule has 0 heterocycles. The fraction of sp³-hybridized carbons (Fsp3) is 1.00. The van der Waals surface area contributed by atoms with E-state index in [1.165, 1.54) is 37.8 Å². The minimum Gasteiger partial charge on any atom is -0.420 e. The molecule has 0 saturated heterocycles. The second kappa shape index (κ2) is 11.8. The Kier molecular flexibility index (Phi) is 12.1. The topological polar surface area (TPSA) is 18.5 Å². The summed E-state index contributed by atoms with van der Waals surface area (Å²) in [6, 6.07) is 2.62. The van der Waals surface area contributed by atoms with Crippen molar-refractivity contribution in [2.75, 3.05) is 13.2 Å². The number of hydrogen-bond donors (Lipinski definition) is 0. The molecule has 0 aliphatic heterocycles. The van der Waals surface area contributed by atoms with Gasteiger partial charge in [-0.15, -0.1) is 0 Å². The van der Waals surface area contributed by atoms with Crippen LogP contribution in [0.5, 0.6) is 0 Å². The molecular weight excluding hydrogens is 232 g/mol.